The van der Waals surface area contributed by atoms with Crippen LogP contribution in [0.15, 0.2) is 32.2 Å². The number of sulfone groups is 1. The van der Waals surface area contributed by atoms with Crippen LogP contribution in [0.5, 0.6) is 5.75 Å². The Morgan fingerprint density at radius 2 is 2.00 bits per heavy atom. The van der Waals surface area contributed by atoms with Crippen molar-refractivity contribution in [3.05, 3.63) is 12.1 Å². The maximum absolute atomic E-state index is 11.6. The van der Waals surface area contributed by atoms with Crippen LogP contribution < -0.4 is 5.73 Å². The monoisotopic (exact) mass is 305 g/mol. The molecule has 1 rings (SSSR count). The first-order valence-corrected chi connectivity index (χ1v) is 8.19. The van der Waals surface area contributed by atoms with Gasteiger partial charge in [0.05, 0.1) is 20.6 Å². The molecule has 0 aromatic heterocycles. The van der Waals surface area contributed by atoms with Gasteiger partial charge >= 0.3 is 6.03 Å². The van der Waals surface area contributed by atoms with Gasteiger partial charge in [0.15, 0.2) is 9.84 Å². The summed E-state index contributed by atoms with van der Waals surface area (Å²) in [6.45, 7) is 0. The van der Waals surface area contributed by atoms with E-state index in [9.17, 15) is 22.5 Å². The molecule has 104 valence electrons. The lowest BCUT2D eigenvalue weighted by Crippen LogP contribution is -2.04. The van der Waals surface area contributed by atoms with Gasteiger partial charge in [-0.25, -0.2) is 13.2 Å². The van der Waals surface area contributed by atoms with Gasteiger partial charge in [-0.2, -0.15) is 0 Å². The molecule has 0 saturated heterocycles. The highest BCUT2D eigenvalue weighted by Crippen LogP contribution is 2.34. The number of phenolic OH excluding ortho intramolecular Hbond substituents is 1. The molecule has 0 bridgehead atoms. The summed E-state index contributed by atoms with van der Waals surface area (Å²) in [7, 11) is -5.40. The van der Waals surface area contributed by atoms with Gasteiger partial charge < -0.3 is 10.8 Å². The molecule has 0 heterocycles. The summed E-state index contributed by atoms with van der Waals surface area (Å²) in [6.07, 6.45) is 2.15. The van der Waals surface area contributed by atoms with Gasteiger partial charge in [-0.3, -0.25) is 4.21 Å². The highest BCUT2D eigenvalue weighted by Gasteiger charge is 2.20. The van der Waals surface area contributed by atoms with Gasteiger partial charge in [0.25, 0.3) is 0 Å². The Morgan fingerprint density at radius 1 is 1.42 bits per heavy atom. The number of urea groups is 1. The lowest BCUT2D eigenvalue weighted by molar-refractivity contribution is 0.255. The average molecular weight is 305 g/mol. The van der Waals surface area contributed by atoms with Crippen molar-refractivity contribution in [2.75, 3.05) is 12.5 Å². The third-order valence-electron chi connectivity index (χ3n) is 1.98. The van der Waals surface area contributed by atoms with Crippen molar-refractivity contribution in [1.29, 1.82) is 0 Å². The Bertz CT molecular complexity index is 681. The molecule has 1 atom stereocenters. The molecule has 0 radical (unpaired) electrons. The van der Waals surface area contributed by atoms with Gasteiger partial charge in [-0.05, 0) is 6.07 Å². The molecule has 1 aromatic rings. The Labute approximate surface area is 111 Å². The molecule has 0 saturated carbocycles. The largest absolute Gasteiger partial charge is 0.508 e. The van der Waals surface area contributed by atoms with E-state index in [0.717, 1.165) is 18.4 Å². The first kappa shape index (κ1) is 15.2. The second-order valence-corrected chi connectivity index (χ2v) is 6.89. The standard InChI is InChI=1S/C9H11N3O5S2/c1-18(15)6-3-5(13)4-7(19(2,16)17)8(6)11-12-9(10)14/h3-4,13H,1-2H3,(H2,10,14)/t18-/m0/s1. The summed E-state index contributed by atoms with van der Waals surface area (Å²) in [5.41, 5.74) is 4.50. The summed E-state index contributed by atoms with van der Waals surface area (Å²) in [5.74, 6) is -0.386. The van der Waals surface area contributed by atoms with Crippen LogP contribution in [0.25, 0.3) is 0 Å². The number of benzene rings is 1. The van der Waals surface area contributed by atoms with Crippen molar-refractivity contribution < 1.29 is 22.5 Å². The number of phenols is 1. The fourth-order valence-electron chi connectivity index (χ4n) is 1.27. The maximum Gasteiger partial charge on any atom is 0.356 e. The van der Waals surface area contributed by atoms with E-state index in [1.807, 2.05) is 0 Å². The van der Waals surface area contributed by atoms with Crippen molar-refractivity contribution in [1.82, 2.24) is 0 Å². The van der Waals surface area contributed by atoms with Crippen LogP contribution in [0.4, 0.5) is 10.5 Å². The zero-order valence-electron chi connectivity index (χ0n) is 10.0. The quantitative estimate of drug-likeness (QED) is 0.791. The van der Waals surface area contributed by atoms with E-state index in [4.69, 9.17) is 5.73 Å². The van der Waals surface area contributed by atoms with Gasteiger partial charge in [-0.15, -0.1) is 5.11 Å². The zero-order chi connectivity index (χ0) is 14.8. The van der Waals surface area contributed by atoms with Crippen LogP contribution in [0.2, 0.25) is 0 Å². The van der Waals surface area contributed by atoms with Gasteiger partial charge in [0, 0.05) is 18.6 Å². The van der Waals surface area contributed by atoms with Crippen molar-refractivity contribution in [2.45, 2.75) is 9.79 Å². The number of hydrogen-bond acceptors (Lipinski definition) is 6. The molecule has 0 fully saturated rings. The first-order valence-electron chi connectivity index (χ1n) is 4.74. The molecule has 19 heavy (non-hydrogen) atoms. The molecule has 10 heteroatoms. The maximum atomic E-state index is 11.6. The Kier molecular flexibility index (Phi) is 4.37. The SMILES string of the molecule is C[S@](=O)c1cc(O)cc(S(C)(=O)=O)c1N=NC(N)=O. The van der Waals surface area contributed by atoms with Crippen LogP contribution in [0.3, 0.4) is 0 Å². The summed E-state index contributed by atoms with van der Waals surface area (Å²) in [5, 5.41) is 15.9. The summed E-state index contributed by atoms with van der Waals surface area (Å²) >= 11 is 0. The lowest BCUT2D eigenvalue weighted by atomic mass is 10.3. The molecule has 1 aromatic carbocycles. The number of carbonyl (C=O) groups excluding carboxylic acids is 1. The Morgan fingerprint density at radius 3 is 2.42 bits per heavy atom. The van der Waals surface area contributed by atoms with E-state index in [1.165, 1.54) is 6.26 Å². The van der Waals surface area contributed by atoms with Crippen LogP contribution >= 0.6 is 0 Å². The fourth-order valence-corrected chi connectivity index (χ4v) is 2.88. The number of nitrogens with two attached hydrogens (primary N) is 1. The third-order valence-corrected chi connectivity index (χ3v) is 4.02. The number of amides is 2. The fraction of sp³-hybridized carbons (Fsp3) is 0.222. The number of nitrogens with zero attached hydrogens (tertiary/aromatic N) is 2. The number of rotatable bonds is 3. The number of primary amides is 1. The first-order chi connectivity index (χ1) is 8.62. The van der Waals surface area contributed by atoms with Crippen molar-refractivity contribution in [2.24, 2.45) is 16.0 Å². The van der Waals surface area contributed by atoms with Crippen LogP contribution in [0.1, 0.15) is 0 Å². The predicted molar refractivity (Wildman–Crippen MR) is 67.6 cm³/mol. The van der Waals surface area contributed by atoms with E-state index >= 15 is 0 Å². The van der Waals surface area contributed by atoms with Gasteiger partial charge in [0.1, 0.15) is 11.4 Å². The zero-order valence-corrected chi connectivity index (χ0v) is 11.7. The molecular formula is C9H11N3O5S2. The molecule has 0 unspecified atom stereocenters. The van der Waals surface area contributed by atoms with E-state index in [0.29, 0.717) is 0 Å². The molecule has 0 aliphatic heterocycles. The topological polar surface area (TPSA) is 139 Å². The third kappa shape index (κ3) is 3.83. The second kappa shape index (κ2) is 5.45. The molecule has 0 aliphatic carbocycles. The Hall–Kier alpha value is -1.81. The molecule has 3 N–H and O–H groups in total. The van der Waals surface area contributed by atoms with Crippen LogP contribution in [-0.2, 0) is 20.6 Å². The predicted octanol–water partition coefficient (Wildman–Crippen LogP) is 0.696. The second-order valence-electron chi connectivity index (χ2n) is 3.56. The highest BCUT2D eigenvalue weighted by atomic mass is 32.2. The van der Waals surface area contributed by atoms with Crippen LogP contribution in [-0.4, -0.2) is 36.3 Å². The van der Waals surface area contributed by atoms with Gasteiger partial charge in [-0.1, -0.05) is 5.11 Å². The minimum Gasteiger partial charge on any atom is -0.508 e. The minimum atomic E-state index is -3.76. The van der Waals surface area contributed by atoms with Gasteiger partial charge in [0.2, 0.25) is 0 Å². The highest BCUT2D eigenvalue weighted by molar-refractivity contribution is 7.91. The molecule has 2 amide bonds. The minimum absolute atomic E-state index is 0.0644. The van der Waals surface area contributed by atoms with Crippen molar-refractivity contribution in [3.8, 4) is 5.75 Å². The molecular weight excluding hydrogens is 294 g/mol. The Balaban J connectivity index is 3.71. The van der Waals surface area contributed by atoms with Crippen molar-refractivity contribution in [3.63, 3.8) is 0 Å². The van der Waals surface area contributed by atoms with E-state index in [1.54, 1.807) is 0 Å². The number of aromatic hydroxyl groups is 1. The normalized spacial score (nSPS) is 13.6. The van der Waals surface area contributed by atoms with Crippen LogP contribution in [0, 0.1) is 0 Å². The van der Waals surface area contributed by atoms with E-state index in [2.05, 4.69) is 10.2 Å². The number of hydrogen-bond donors (Lipinski definition) is 2. The smallest absolute Gasteiger partial charge is 0.356 e. The summed E-state index contributed by atoms with van der Waals surface area (Å²) < 4.78 is 34.7. The molecule has 0 spiro atoms. The number of carbonyl (C=O) groups is 1. The average Bonchev–Trinajstić information content (AvgIpc) is 2.24. The molecule has 8 nitrogen and oxygen atoms in total. The van der Waals surface area contributed by atoms with Crippen molar-refractivity contribution >= 4 is 32.4 Å². The summed E-state index contributed by atoms with van der Waals surface area (Å²) in [6, 6.07) is 0.890. The van der Waals surface area contributed by atoms with E-state index in [-0.39, 0.29) is 21.2 Å². The molecule has 0 aliphatic rings. The number of azo groups is 1. The summed E-state index contributed by atoms with van der Waals surface area (Å²) in [4.78, 5) is 10.1. The lowest BCUT2D eigenvalue weighted by Gasteiger charge is -2.08. The van der Waals surface area contributed by atoms with E-state index < -0.39 is 26.7 Å².